The molecule has 0 spiro atoms. The Morgan fingerprint density at radius 3 is 2.44 bits per heavy atom. The second kappa shape index (κ2) is 9.62. The van der Waals surface area contributed by atoms with Crippen molar-refractivity contribution >= 4 is 6.08 Å². The average molecular weight is 475 g/mol. The smallest absolute Gasteiger partial charge is 0.373 e. The molecule has 0 saturated carbocycles. The zero-order valence-electron chi connectivity index (χ0n) is 19.8. The maximum atomic E-state index is 13.8. The summed E-state index contributed by atoms with van der Waals surface area (Å²) in [6.07, 6.45) is 1.01. The van der Waals surface area contributed by atoms with E-state index in [0.29, 0.717) is 29.9 Å². The average Bonchev–Trinajstić information content (AvgIpc) is 2.99. The lowest BCUT2D eigenvalue weighted by Gasteiger charge is -2.41. The summed E-state index contributed by atoms with van der Waals surface area (Å²) in [6, 6.07) is 8.24. The molecule has 34 heavy (non-hydrogen) atoms. The number of pyridine rings is 1. The number of benzene rings is 1. The monoisotopic (exact) mass is 474 g/mol. The van der Waals surface area contributed by atoms with E-state index in [-0.39, 0.29) is 11.2 Å². The molecular formula is C27H30F4N2O. The highest BCUT2D eigenvalue weighted by molar-refractivity contribution is 5.63. The molecule has 1 saturated heterocycles. The van der Waals surface area contributed by atoms with E-state index >= 15 is 0 Å². The second-order valence-electron chi connectivity index (χ2n) is 9.59. The van der Waals surface area contributed by atoms with Gasteiger partial charge in [-0.2, -0.15) is 13.2 Å². The molecule has 182 valence electrons. The minimum Gasteiger partial charge on any atom is -0.373 e. The number of ether oxygens (including phenoxy) is 1. The van der Waals surface area contributed by atoms with Crippen LogP contribution in [0.1, 0.15) is 42.1 Å². The number of alkyl halides is 3. The van der Waals surface area contributed by atoms with Crippen molar-refractivity contribution in [3.63, 3.8) is 0 Å². The molecule has 0 amide bonds. The number of allylic oxidation sites excluding steroid dienone is 2. The minimum atomic E-state index is -4.47. The van der Waals surface area contributed by atoms with Crippen LogP contribution in [0.15, 0.2) is 53.8 Å². The normalized spacial score (nSPS) is 19.6. The highest BCUT2D eigenvalue weighted by Crippen LogP contribution is 2.38. The molecule has 2 aromatic rings. The Morgan fingerprint density at radius 2 is 1.79 bits per heavy atom. The number of fused-ring (bicyclic) bond motifs is 1. The van der Waals surface area contributed by atoms with Crippen LogP contribution in [-0.2, 0) is 16.6 Å². The number of aromatic nitrogens is 1. The van der Waals surface area contributed by atoms with E-state index in [0.717, 1.165) is 37.1 Å². The highest BCUT2D eigenvalue weighted by atomic mass is 19.4. The van der Waals surface area contributed by atoms with Gasteiger partial charge < -0.3 is 9.64 Å². The van der Waals surface area contributed by atoms with Gasteiger partial charge >= 0.3 is 6.18 Å². The van der Waals surface area contributed by atoms with Crippen LogP contribution in [0.25, 0.3) is 6.08 Å². The summed E-state index contributed by atoms with van der Waals surface area (Å²) in [4.78, 5) is 6.65. The van der Waals surface area contributed by atoms with Gasteiger partial charge in [0.15, 0.2) is 0 Å². The summed E-state index contributed by atoms with van der Waals surface area (Å²) in [5, 5.41) is 0. The van der Waals surface area contributed by atoms with Gasteiger partial charge in [0.05, 0.1) is 24.0 Å². The van der Waals surface area contributed by atoms with Crippen molar-refractivity contribution in [2.24, 2.45) is 0 Å². The third-order valence-corrected chi connectivity index (χ3v) is 7.02. The number of hydrogen-bond donors (Lipinski definition) is 0. The molecule has 1 atom stereocenters. The fourth-order valence-electron chi connectivity index (χ4n) is 4.73. The first-order valence-corrected chi connectivity index (χ1v) is 11.6. The van der Waals surface area contributed by atoms with Crippen LogP contribution in [0.4, 0.5) is 17.6 Å². The van der Waals surface area contributed by atoms with E-state index in [1.54, 1.807) is 31.3 Å². The molecule has 0 N–H and O–H groups in total. The molecule has 1 unspecified atom stereocenters. The van der Waals surface area contributed by atoms with E-state index in [9.17, 15) is 17.6 Å². The molecule has 1 aromatic carbocycles. The first-order chi connectivity index (χ1) is 16.1. The van der Waals surface area contributed by atoms with Crippen LogP contribution in [0, 0.1) is 12.7 Å². The van der Waals surface area contributed by atoms with Crippen LogP contribution in [0.5, 0.6) is 0 Å². The van der Waals surface area contributed by atoms with Crippen molar-refractivity contribution in [3.8, 4) is 0 Å². The number of halogens is 4. The summed E-state index contributed by atoms with van der Waals surface area (Å²) in [7, 11) is 2.06. The van der Waals surface area contributed by atoms with Gasteiger partial charge in [-0.05, 0) is 99.4 Å². The molecule has 0 bridgehead atoms. The van der Waals surface area contributed by atoms with Crippen LogP contribution in [0.2, 0.25) is 0 Å². The quantitative estimate of drug-likeness (QED) is 0.495. The van der Waals surface area contributed by atoms with Gasteiger partial charge in [0.25, 0.3) is 0 Å². The molecule has 3 nitrogen and oxygen atoms in total. The van der Waals surface area contributed by atoms with Crippen LogP contribution in [0.3, 0.4) is 0 Å². The number of hydrogen-bond acceptors (Lipinski definition) is 3. The highest BCUT2D eigenvalue weighted by Gasteiger charge is 2.38. The molecule has 1 aliphatic heterocycles. The van der Waals surface area contributed by atoms with Crippen molar-refractivity contribution in [3.05, 3.63) is 82.0 Å². The Hall–Kier alpha value is -2.51. The van der Waals surface area contributed by atoms with Crippen molar-refractivity contribution in [1.82, 2.24) is 9.88 Å². The Morgan fingerprint density at radius 1 is 1.12 bits per heavy atom. The molecule has 2 aliphatic rings. The maximum Gasteiger partial charge on any atom is 0.416 e. The Balaban J connectivity index is 1.59. The molecule has 7 heteroatoms. The summed E-state index contributed by atoms with van der Waals surface area (Å²) in [6.45, 7) is 5.71. The zero-order valence-corrected chi connectivity index (χ0v) is 19.8. The molecule has 0 radical (unpaired) electrons. The first kappa shape index (κ1) is 24.6. The molecule has 4 rings (SSSR count). The Kier molecular flexibility index (Phi) is 6.97. The van der Waals surface area contributed by atoms with Crippen LogP contribution >= 0.6 is 0 Å². The lowest BCUT2D eigenvalue weighted by Crippen LogP contribution is -2.44. The third-order valence-electron chi connectivity index (χ3n) is 7.02. The molecule has 1 aromatic heterocycles. The standard InChI is InChI=1S/C27H30F4N2O/c1-18-12-21-14-23(27(29,30)31)13-20(15-25(21)32-16-18)19(2)34-17-26(8-10-33(3)11-9-26)22-4-6-24(28)7-5-22/h4-7,12-14,16,19H,8-11,15,17H2,1-3H3. The van der Waals surface area contributed by atoms with Crippen molar-refractivity contribution in [2.75, 3.05) is 26.7 Å². The van der Waals surface area contributed by atoms with Crippen LogP contribution in [-0.4, -0.2) is 48.9 Å². The van der Waals surface area contributed by atoms with Crippen molar-refractivity contribution in [2.45, 2.75) is 50.8 Å². The van der Waals surface area contributed by atoms with Crippen molar-refractivity contribution in [1.29, 1.82) is 0 Å². The number of nitrogens with zero attached hydrogens (tertiary/aromatic N) is 2. The summed E-state index contributed by atoms with van der Waals surface area (Å²) in [5.41, 5.74) is 2.45. The molecule has 1 fully saturated rings. The van der Waals surface area contributed by atoms with E-state index in [2.05, 4.69) is 16.9 Å². The van der Waals surface area contributed by atoms with Gasteiger partial charge in [0.1, 0.15) is 5.82 Å². The third kappa shape index (κ3) is 5.41. The van der Waals surface area contributed by atoms with E-state index < -0.39 is 17.9 Å². The SMILES string of the molecule is Cc1cnc2c(c1)C=C(C(F)(F)F)C=C(C(C)OCC1(c3ccc(F)cc3)CCN(C)CC1)C2. The summed E-state index contributed by atoms with van der Waals surface area (Å²) in [5.74, 6) is -0.294. The topological polar surface area (TPSA) is 25.4 Å². The number of likely N-dealkylation sites (tertiary alicyclic amines) is 1. The predicted octanol–water partition coefficient (Wildman–Crippen LogP) is 6.03. The van der Waals surface area contributed by atoms with Gasteiger partial charge in [0.2, 0.25) is 0 Å². The van der Waals surface area contributed by atoms with E-state index in [1.165, 1.54) is 24.3 Å². The largest absolute Gasteiger partial charge is 0.416 e. The fourth-order valence-corrected chi connectivity index (χ4v) is 4.73. The van der Waals surface area contributed by atoms with Gasteiger partial charge in [-0.3, -0.25) is 4.98 Å². The second-order valence-corrected chi connectivity index (χ2v) is 9.59. The molecule has 1 aliphatic carbocycles. The van der Waals surface area contributed by atoms with E-state index in [4.69, 9.17) is 4.74 Å². The van der Waals surface area contributed by atoms with Gasteiger partial charge in [-0.15, -0.1) is 0 Å². The summed E-state index contributed by atoms with van der Waals surface area (Å²) >= 11 is 0. The summed E-state index contributed by atoms with van der Waals surface area (Å²) < 4.78 is 61.2. The fraction of sp³-hybridized carbons (Fsp3) is 0.444. The Bertz CT molecular complexity index is 1080. The lowest BCUT2D eigenvalue weighted by molar-refractivity contribution is -0.0874. The molecular weight excluding hydrogens is 444 g/mol. The first-order valence-electron chi connectivity index (χ1n) is 11.6. The van der Waals surface area contributed by atoms with Gasteiger partial charge in [0, 0.05) is 18.0 Å². The van der Waals surface area contributed by atoms with Gasteiger partial charge in [-0.1, -0.05) is 12.1 Å². The number of piperidine rings is 1. The van der Waals surface area contributed by atoms with E-state index in [1.807, 2.05) is 6.92 Å². The van der Waals surface area contributed by atoms with Gasteiger partial charge in [-0.25, -0.2) is 4.39 Å². The predicted molar refractivity (Wildman–Crippen MR) is 125 cm³/mol. The number of rotatable bonds is 5. The molecule has 2 heterocycles. The zero-order chi connectivity index (χ0) is 24.5. The number of aryl methyl sites for hydroxylation is 1. The Labute approximate surface area is 198 Å². The van der Waals surface area contributed by atoms with Crippen molar-refractivity contribution < 1.29 is 22.3 Å². The maximum absolute atomic E-state index is 13.8. The van der Waals surface area contributed by atoms with Crippen LogP contribution < -0.4 is 0 Å². The minimum absolute atomic E-state index is 0.291. The lowest BCUT2D eigenvalue weighted by atomic mass is 9.73.